The molecule has 2 aromatic carbocycles. The zero-order valence-corrected chi connectivity index (χ0v) is 18.4. The molecule has 33 heavy (non-hydrogen) atoms. The zero-order chi connectivity index (χ0) is 24.2. The van der Waals surface area contributed by atoms with Crippen molar-refractivity contribution in [2.75, 3.05) is 5.32 Å². The fourth-order valence-corrected chi connectivity index (χ4v) is 3.39. The third-order valence-corrected chi connectivity index (χ3v) is 4.80. The molecule has 0 aliphatic heterocycles. The quantitative estimate of drug-likeness (QED) is 0.547. The van der Waals surface area contributed by atoms with Crippen LogP contribution in [0.15, 0.2) is 48.7 Å². The van der Waals surface area contributed by atoms with Crippen molar-refractivity contribution in [3.8, 4) is 17.2 Å². The summed E-state index contributed by atoms with van der Waals surface area (Å²) in [4.78, 5) is 16.3. The first-order chi connectivity index (χ1) is 15.6. The molecule has 0 unspecified atom stereocenters. The van der Waals surface area contributed by atoms with E-state index in [0.717, 1.165) is 0 Å². The van der Waals surface area contributed by atoms with Crippen LogP contribution in [0.25, 0.3) is 11.1 Å². The van der Waals surface area contributed by atoms with Crippen molar-refractivity contribution in [2.45, 2.75) is 39.4 Å². The molecule has 0 bridgehead atoms. The van der Waals surface area contributed by atoms with Crippen molar-refractivity contribution >= 4 is 11.8 Å². The number of rotatable bonds is 5. The molecular formula is C25H23F2N3O3. The Hall–Kier alpha value is -3.83. The smallest absolute Gasteiger partial charge is 0.412 e. The predicted molar refractivity (Wildman–Crippen MR) is 119 cm³/mol. The highest BCUT2D eigenvalue weighted by atomic mass is 19.1. The van der Waals surface area contributed by atoms with Crippen molar-refractivity contribution in [1.29, 1.82) is 5.26 Å². The average molecular weight is 451 g/mol. The van der Waals surface area contributed by atoms with E-state index < -0.39 is 29.9 Å². The molecule has 0 spiro atoms. The van der Waals surface area contributed by atoms with Gasteiger partial charge in [0.05, 0.1) is 29.6 Å². The van der Waals surface area contributed by atoms with Crippen LogP contribution < -0.4 is 5.32 Å². The van der Waals surface area contributed by atoms with E-state index in [4.69, 9.17) is 4.74 Å². The van der Waals surface area contributed by atoms with E-state index >= 15 is 4.39 Å². The van der Waals surface area contributed by atoms with E-state index in [2.05, 4.69) is 10.3 Å². The van der Waals surface area contributed by atoms with Crippen molar-refractivity contribution in [3.63, 3.8) is 0 Å². The van der Waals surface area contributed by atoms with Gasteiger partial charge in [0.15, 0.2) is 5.82 Å². The summed E-state index contributed by atoms with van der Waals surface area (Å²) in [6.07, 6.45) is 0.384. The summed E-state index contributed by atoms with van der Waals surface area (Å²) in [6, 6.07) is 12.2. The van der Waals surface area contributed by atoms with Gasteiger partial charge >= 0.3 is 6.09 Å². The first kappa shape index (κ1) is 23.8. The maximum atomic E-state index is 15.7. The number of halogens is 2. The predicted octanol–water partition coefficient (Wildman–Crippen LogP) is 5.33. The highest BCUT2D eigenvalue weighted by molar-refractivity contribution is 5.86. The minimum absolute atomic E-state index is 0.0176. The van der Waals surface area contributed by atoms with Crippen LogP contribution in [-0.4, -0.2) is 21.8 Å². The van der Waals surface area contributed by atoms with Crippen LogP contribution in [0.3, 0.4) is 0 Å². The van der Waals surface area contributed by atoms with Crippen LogP contribution >= 0.6 is 0 Å². The van der Waals surface area contributed by atoms with Gasteiger partial charge in [-0.15, -0.1) is 0 Å². The largest absolute Gasteiger partial charge is 0.444 e. The van der Waals surface area contributed by atoms with Gasteiger partial charge in [-0.3, -0.25) is 10.3 Å². The van der Waals surface area contributed by atoms with Crippen LogP contribution in [-0.2, 0) is 17.8 Å². The average Bonchev–Trinajstić information content (AvgIpc) is 2.76. The number of pyridine rings is 1. The molecule has 0 aliphatic carbocycles. The number of aliphatic hydroxyl groups is 1. The number of aliphatic hydroxyl groups excluding tert-OH is 1. The van der Waals surface area contributed by atoms with Crippen LogP contribution in [0.4, 0.5) is 19.3 Å². The summed E-state index contributed by atoms with van der Waals surface area (Å²) < 4.78 is 35.6. The monoisotopic (exact) mass is 451 g/mol. The topological polar surface area (TPSA) is 95.2 Å². The summed E-state index contributed by atoms with van der Waals surface area (Å²) in [5, 5.41) is 21.5. The summed E-state index contributed by atoms with van der Waals surface area (Å²) in [5.41, 5.74) is 0.284. The Morgan fingerprint density at radius 2 is 1.88 bits per heavy atom. The first-order valence-electron chi connectivity index (χ1n) is 10.2. The maximum Gasteiger partial charge on any atom is 0.412 e. The Balaban J connectivity index is 2.16. The first-order valence-corrected chi connectivity index (χ1v) is 10.2. The molecular weight excluding hydrogens is 428 g/mol. The van der Waals surface area contributed by atoms with Crippen molar-refractivity contribution in [3.05, 3.63) is 82.7 Å². The second-order valence-corrected chi connectivity index (χ2v) is 8.29. The fourth-order valence-electron chi connectivity index (χ4n) is 3.39. The van der Waals surface area contributed by atoms with E-state index in [1.807, 2.05) is 6.07 Å². The number of carbonyl (C=O) groups is 1. The SMILES string of the molecule is CC(C)(C)OC(=O)Nc1ccc(-c2cccnc2CO)c(Cc2c(F)cccc2C#N)c1F. The molecule has 0 aliphatic rings. The van der Waals surface area contributed by atoms with Gasteiger partial charge in [-0.05, 0) is 50.6 Å². The Kier molecular flexibility index (Phi) is 7.04. The lowest BCUT2D eigenvalue weighted by Crippen LogP contribution is -2.27. The molecule has 0 atom stereocenters. The number of amides is 1. The van der Waals surface area contributed by atoms with Gasteiger partial charge in [0.1, 0.15) is 11.4 Å². The summed E-state index contributed by atoms with van der Waals surface area (Å²) >= 11 is 0. The lowest BCUT2D eigenvalue weighted by molar-refractivity contribution is 0.0635. The molecule has 2 N–H and O–H groups in total. The molecule has 8 heteroatoms. The molecule has 1 aromatic heterocycles. The number of nitrogens with one attached hydrogen (secondary N) is 1. The second-order valence-electron chi connectivity index (χ2n) is 8.29. The van der Waals surface area contributed by atoms with E-state index in [1.165, 1.54) is 30.5 Å². The number of benzene rings is 2. The molecule has 3 aromatic rings. The van der Waals surface area contributed by atoms with E-state index in [0.29, 0.717) is 16.8 Å². The molecule has 170 valence electrons. The van der Waals surface area contributed by atoms with Crippen LogP contribution in [0, 0.1) is 23.0 Å². The van der Waals surface area contributed by atoms with Gasteiger partial charge in [0.2, 0.25) is 0 Å². The van der Waals surface area contributed by atoms with Crippen LogP contribution in [0.1, 0.15) is 43.2 Å². The van der Waals surface area contributed by atoms with Crippen molar-refractivity contribution in [2.24, 2.45) is 0 Å². The molecule has 3 rings (SSSR count). The normalized spacial score (nSPS) is 11.1. The van der Waals surface area contributed by atoms with Gasteiger partial charge in [0, 0.05) is 29.3 Å². The number of ether oxygens (including phenoxy) is 1. The summed E-state index contributed by atoms with van der Waals surface area (Å²) in [5.74, 6) is -1.46. The molecule has 0 saturated heterocycles. The highest BCUT2D eigenvalue weighted by Gasteiger charge is 2.23. The van der Waals surface area contributed by atoms with Gasteiger partial charge in [-0.25, -0.2) is 13.6 Å². The molecule has 0 fully saturated rings. The molecule has 0 saturated carbocycles. The Labute approximate surface area is 190 Å². The number of aromatic nitrogens is 1. The Morgan fingerprint density at radius 1 is 1.12 bits per heavy atom. The standard InChI is InChI=1S/C25H23F2N3O3/c1-25(2,3)33-24(32)30-21-10-9-16(17-7-5-11-29-22(17)14-31)19(23(21)27)12-18-15(13-28)6-4-8-20(18)26/h4-11,31H,12,14H2,1-3H3,(H,30,32). The number of nitrogens with zero attached hydrogens (tertiary/aromatic N) is 2. The molecule has 1 heterocycles. The van der Waals surface area contributed by atoms with Gasteiger partial charge in [-0.1, -0.05) is 18.2 Å². The fraction of sp³-hybridized carbons (Fsp3) is 0.240. The van der Waals surface area contributed by atoms with Gasteiger partial charge in [-0.2, -0.15) is 5.26 Å². The number of hydrogen-bond donors (Lipinski definition) is 2. The third-order valence-electron chi connectivity index (χ3n) is 4.80. The van der Waals surface area contributed by atoms with E-state index in [9.17, 15) is 19.6 Å². The summed E-state index contributed by atoms with van der Waals surface area (Å²) in [6.45, 7) is 4.64. The highest BCUT2D eigenvalue weighted by Crippen LogP contribution is 2.34. The van der Waals surface area contributed by atoms with Gasteiger partial charge < -0.3 is 9.84 Å². The number of carbonyl (C=O) groups excluding carboxylic acids is 1. The molecule has 1 amide bonds. The lowest BCUT2D eigenvalue weighted by atomic mass is 9.91. The van der Waals surface area contributed by atoms with Crippen LogP contribution in [0.5, 0.6) is 0 Å². The number of anilines is 1. The van der Waals surface area contributed by atoms with E-state index in [1.54, 1.807) is 39.0 Å². The molecule has 0 radical (unpaired) electrons. The van der Waals surface area contributed by atoms with E-state index in [-0.39, 0.29) is 28.8 Å². The van der Waals surface area contributed by atoms with Crippen molar-refractivity contribution in [1.82, 2.24) is 4.98 Å². The van der Waals surface area contributed by atoms with Crippen LogP contribution in [0.2, 0.25) is 0 Å². The Bertz CT molecular complexity index is 1230. The van der Waals surface area contributed by atoms with Gasteiger partial charge in [0.25, 0.3) is 0 Å². The maximum absolute atomic E-state index is 15.7. The third kappa shape index (κ3) is 5.51. The summed E-state index contributed by atoms with van der Waals surface area (Å²) in [7, 11) is 0. The zero-order valence-electron chi connectivity index (χ0n) is 18.4. The Morgan fingerprint density at radius 3 is 2.55 bits per heavy atom. The minimum Gasteiger partial charge on any atom is -0.444 e. The van der Waals surface area contributed by atoms with Crippen molar-refractivity contribution < 1.29 is 23.4 Å². The second kappa shape index (κ2) is 9.76. The lowest BCUT2D eigenvalue weighted by Gasteiger charge is -2.21. The molecule has 6 nitrogen and oxygen atoms in total. The minimum atomic E-state index is -0.846. The number of hydrogen-bond acceptors (Lipinski definition) is 5. The number of nitriles is 1.